The minimum Gasteiger partial charge on any atom is -0.326 e. The van der Waals surface area contributed by atoms with Gasteiger partial charge in [0.2, 0.25) is 17.6 Å². The second-order valence-corrected chi connectivity index (χ2v) is 10.7. The number of nitrogens with zero attached hydrogens (tertiary/aromatic N) is 6. The Bertz CT molecular complexity index is 1760. The van der Waals surface area contributed by atoms with E-state index in [9.17, 15) is 18.8 Å². The molecule has 12 heteroatoms. The number of benzene rings is 2. The van der Waals surface area contributed by atoms with Crippen LogP contribution in [0.4, 0.5) is 10.1 Å². The molecule has 3 heterocycles. The van der Waals surface area contributed by atoms with Gasteiger partial charge in [0, 0.05) is 36.3 Å². The second-order valence-electron chi connectivity index (χ2n) is 10.3. The predicted molar refractivity (Wildman–Crippen MR) is 147 cm³/mol. The molecule has 2 amide bonds. The number of hydrogen-bond acceptors (Lipinski definition) is 7. The number of piperidine rings is 1. The van der Waals surface area contributed by atoms with Gasteiger partial charge in [-0.2, -0.15) is 10.4 Å². The zero-order chi connectivity index (χ0) is 28.8. The standard InChI is InChI=1S/C29H23ClFN7O3/c1-15(39)27-20-10-16(18-12-33-24(11-32)34-13-18)6-8-23(20)37(36-27)14-25(40)38-19-7-5-17(9-19)28(38)29(41)35-22-4-2-3-21(30)26(22)31/h2-4,6,8,10,12-13,17,19,28H,5,7,9,14H2,1H3,(H,35,41). The van der Waals surface area contributed by atoms with Crippen molar-refractivity contribution in [1.82, 2.24) is 24.6 Å². The number of amides is 2. The van der Waals surface area contributed by atoms with Crippen LogP contribution in [0.25, 0.3) is 22.0 Å². The Kier molecular flexibility index (Phi) is 6.71. The molecule has 2 aromatic carbocycles. The van der Waals surface area contributed by atoms with E-state index >= 15 is 0 Å². The van der Waals surface area contributed by atoms with Gasteiger partial charge < -0.3 is 10.2 Å². The number of nitriles is 1. The third kappa shape index (κ3) is 4.70. The molecule has 1 N–H and O–H groups in total. The summed E-state index contributed by atoms with van der Waals surface area (Å²) >= 11 is 5.88. The first-order valence-corrected chi connectivity index (χ1v) is 13.4. The molecule has 4 aromatic rings. The summed E-state index contributed by atoms with van der Waals surface area (Å²) in [4.78, 5) is 49.2. The Morgan fingerprint density at radius 1 is 1.15 bits per heavy atom. The number of aromatic nitrogens is 4. The molecule has 2 aliphatic rings. The lowest BCUT2D eigenvalue weighted by atomic mass is 9.97. The monoisotopic (exact) mass is 571 g/mol. The summed E-state index contributed by atoms with van der Waals surface area (Å²) in [6, 6.07) is 10.7. The van der Waals surface area contributed by atoms with E-state index in [1.54, 1.807) is 29.2 Å². The Hall–Kier alpha value is -4.69. The zero-order valence-electron chi connectivity index (χ0n) is 21.8. The number of ketones is 1. The topological polar surface area (TPSA) is 134 Å². The van der Waals surface area contributed by atoms with Crippen molar-refractivity contribution in [3.8, 4) is 17.2 Å². The maximum atomic E-state index is 14.5. The van der Waals surface area contributed by atoms with Crippen molar-refractivity contribution in [1.29, 1.82) is 5.26 Å². The van der Waals surface area contributed by atoms with Gasteiger partial charge in [-0.25, -0.2) is 14.4 Å². The van der Waals surface area contributed by atoms with Crippen molar-refractivity contribution in [2.45, 2.75) is 44.8 Å². The number of carbonyl (C=O) groups excluding carboxylic acids is 3. The summed E-state index contributed by atoms with van der Waals surface area (Å²) in [6.07, 6.45) is 5.32. The first-order chi connectivity index (χ1) is 19.7. The van der Waals surface area contributed by atoms with Gasteiger partial charge in [0.1, 0.15) is 24.3 Å². The Morgan fingerprint density at radius 3 is 2.66 bits per heavy atom. The van der Waals surface area contributed by atoms with Gasteiger partial charge in [-0.3, -0.25) is 19.1 Å². The van der Waals surface area contributed by atoms with Gasteiger partial charge in [-0.15, -0.1) is 0 Å². The zero-order valence-corrected chi connectivity index (χ0v) is 22.6. The van der Waals surface area contributed by atoms with Crippen LogP contribution in [0.5, 0.6) is 0 Å². The maximum absolute atomic E-state index is 14.5. The first kappa shape index (κ1) is 26.5. The van der Waals surface area contributed by atoms with E-state index < -0.39 is 17.8 Å². The van der Waals surface area contributed by atoms with Crippen molar-refractivity contribution in [3.05, 3.63) is 71.2 Å². The summed E-state index contributed by atoms with van der Waals surface area (Å²) in [5, 5.41) is 16.5. The normalized spacial score (nSPS) is 19.4. The van der Waals surface area contributed by atoms with Crippen molar-refractivity contribution >= 4 is 45.8 Å². The van der Waals surface area contributed by atoms with Gasteiger partial charge in [0.15, 0.2) is 11.6 Å². The Labute approximate surface area is 238 Å². The molecule has 206 valence electrons. The van der Waals surface area contributed by atoms with Gasteiger partial charge in [0.25, 0.3) is 0 Å². The maximum Gasteiger partial charge on any atom is 0.247 e. The highest BCUT2D eigenvalue weighted by Gasteiger charge is 2.51. The number of halogens is 2. The fourth-order valence-corrected chi connectivity index (χ4v) is 6.15. The van der Waals surface area contributed by atoms with Crippen LogP contribution in [-0.4, -0.2) is 54.3 Å². The smallest absolute Gasteiger partial charge is 0.247 e. The highest BCUT2D eigenvalue weighted by Crippen LogP contribution is 2.43. The average molecular weight is 572 g/mol. The highest BCUT2D eigenvalue weighted by atomic mass is 35.5. The van der Waals surface area contributed by atoms with Gasteiger partial charge in [0.05, 0.1) is 16.2 Å². The molecule has 41 heavy (non-hydrogen) atoms. The van der Waals surface area contributed by atoms with Crippen molar-refractivity contribution in [3.63, 3.8) is 0 Å². The van der Waals surface area contributed by atoms with Gasteiger partial charge in [-0.05, 0) is 55.0 Å². The quantitative estimate of drug-likeness (QED) is 0.339. The van der Waals surface area contributed by atoms with Crippen molar-refractivity contribution in [2.75, 3.05) is 5.32 Å². The molecule has 3 atom stereocenters. The molecule has 2 fully saturated rings. The molecule has 0 radical (unpaired) electrons. The average Bonchev–Trinajstić information content (AvgIpc) is 3.69. The van der Waals surface area contributed by atoms with E-state index in [2.05, 4.69) is 20.4 Å². The molecule has 1 aliphatic carbocycles. The van der Waals surface area contributed by atoms with Crippen LogP contribution in [0, 0.1) is 23.1 Å². The van der Waals surface area contributed by atoms with Crippen LogP contribution in [-0.2, 0) is 16.1 Å². The molecule has 10 nitrogen and oxygen atoms in total. The Balaban J connectivity index is 1.29. The van der Waals surface area contributed by atoms with Crippen LogP contribution in [0.2, 0.25) is 5.02 Å². The van der Waals surface area contributed by atoms with Gasteiger partial charge in [-0.1, -0.05) is 23.7 Å². The van der Waals surface area contributed by atoms with Crippen LogP contribution >= 0.6 is 11.6 Å². The molecule has 0 spiro atoms. The summed E-state index contributed by atoms with van der Waals surface area (Å²) < 4.78 is 16.0. The van der Waals surface area contributed by atoms with E-state index in [0.29, 0.717) is 22.9 Å². The predicted octanol–water partition coefficient (Wildman–Crippen LogP) is 4.38. The Morgan fingerprint density at radius 2 is 1.93 bits per heavy atom. The van der Waals surface area contributed by atoms with E-state index in [1.807, 2.05) is 6.07 Å². The molecule has 1 aliphatic heterocycles. The summed E-state index contributed by atoms with van der Waals surface area (Å²) in [5.41, 5.74) is 2.12. The lowest BCUT2D eigenvalue weighted by Gasteiger charge is -2.34. The molecule has 2 bridgehead atoms. The summed E-state index contributed by atoms with van der Waals surface area (Å²) in [6.45, 7) is 1.22. The fraction of sp³-hybridized carbons (Fsp3) is 0.276. The third-order valence-corrected chi connectivity index (χ3v) is 8.10. The summed E-state index contributed by atoms with van der Waals surface area (Å²) in [5.74, 6) is -1.76. The minimum atomic E-state index is -0.753. The van der Waals surface area contributed by atoms with Crippen LogP contribution in [0.3, 0.4) is 0 Å². The molecule has 3 unspecified atom stereocenters. The number of Topliss-reactive ketones (excluding diaryl/α,β-unsaturated/α-hetero) is 1. The van der Waals surface area contributed by atoms with E-state index in [1.165, 1.54) is 36.1 Å². The molecule has 2 aromatic heterocycles. The number of hydrogen-bond donors (Lipinski definition) is 1. The number of carbonyl (C=O) groups is 3. The molecule has 6 rings (SSSR count). The minimum absolute atomic E-state index is 0.0365. The van der Waals surface area contributed by atoms with Crippen LogP contribution < -0.4 is 5.32 Å². The third-order valence-electron chi connectivity index (χ3n) is 7.81. The number of fused-ring (bicyclic) bond motifs is 3. The van der Waals surface area contributed by atoms with E-state index in [4.69, 9.17) is 16.9 Å². The second kappa shape index (κ2) is 10.4. The number of anilines is 1. The number of nitrogens with one attached hydrogen (secondary N) is 1. The molecule has 1 saturated heterocycles. The lowest BCUT2D eigenvalue weighted by molar-refractivity contribution is -0.141. The highest BCUT2D eigenvalue weighted by molar-refractivity contribution is 6.31. The summed E-state index contributed by atoms with van der Waals surface area (Å²) in [7, 11) is 0. The molecule has 1 saturated carbocycles. The molecular formula is C29H23ClFN7O3. The van der Waals surface area contributed by atoms with E-state index in [0.717, 1.165) is 18.4 Å². The van der Waals surface area contributed by atoms with Crippen molar-refractivity contribution in [2.24, 2.45) is 5.92 Å². The lowest BCUT2D eigenvalue weighted by Crippen LogP contribution is -2.52. The van der Waals surface area contributed by atoms with Crippen molar-refractivity contribution < 1.29 is 18.8 Å². The number of rotatable bonds is 6. The van der Waals surface area contributed by atoms with Crippen LogP contribution in [0.15, 0.2) is 48.8 Å². The first-order valence-electron chi connectivity index (χ1n) is 13.0. The van der Waals surface area contributed by atoms with Crippen LogP contribution in [0.1, 0.15) is 42.5 Å². The SMILES string of the molecule is CC(=O)c1nn(CC(=O)N2C3CCC(C3)C2C(=O)Nc2cccc(Cl)c2F)c2ccc(-c3cnc(C#N)nc3)cc12. The largest absolute Gasteiger partial charge is 0.326 e. The van der Waals surface area contributed by atoms with Gasteiger partial charge >= 0.3 is 0 Å². The fourth-order valence-electron chi connectivity index (χ4n) is 5.98. The molecular weight excluding hydrogens is 549 g/mol. The number of likely N-dealkylation sites (tertiary alicyclic amines) is 1. The van der Waals surface area contributed by atoms with E-state index in [-0.39, 0.29) is 52.4 Å².